The van der Waals surface area contributed by atoms with Gasteiger partial charge in [-0.1, -0.05) is 28.9 Å². The van der Waals surface area contributed by atoms with Crippen LogP contribution in [-0.4, -0.2) is 10.1 Å². The number of rotatable bonds is 2. The third-order valence-electron chi connectivity index (χ3n) is 3.54. The summed E-state index contributed by atoms with van der Waals surface area (Å²) in [4.78, 5) is 3.93. The summed E-state index contributed by atoms with van der Waals surface area (Å²) in [5.74, 6) is -0.368. The van der Waals surface area contributed by atoms with Crippen molar-refractivity contribution in [3.05, 3.63) is 59.2 Å². The third-order valence-corrected chi connectivity index (χ3v) is 3.54. The molecule has 3 aromatic rings. The van der Waals surface area contributed by atoms with E-state index < -0.39 is 34.9 Å². The Morgan fingerprint density at radius 1 is 0.808 bits per heavy atom. The molecule has 9 heteroatoms. The van der Waals surface area contributed by atoms with Crippen molar-refractivity contribution in [2.75, 3.05) is 0 Å². The third kappa shape index (κ3) is 3.71. The highest BCUT2D eigenvalue weighted by atomic mass is 19.4. The SMILES string of the molecule is Cc1cccc(-c2noc(-c3cc(C(F)(F)F)cc(C(F)(F)F)c3)n2)c1. The summed E-state index contributed by atoms with van der Waals surface area (Å²) in [5, 5.41) is 3.64. The van der Waals surface area contributed by atoms with Gasteiger partial charge in [-0.2, -0.15) is 31.3 Å². The molecule has 0 aliphatic rings. The lowest BCUT2D eigenvalue weighted by Gasteiger charge is -2.12. The average Bonchev–Trinajstić information content (AvgIpc) is 3.03. The van der Waals surface area contributed by atoms with Crippen molar-refractivity contribution in [1.82, 2.24) is 10.1 Å². The number of nitrogens with zero attached hydrogens (tertiary/aromatic N) is 2. The summed E-state index contributed by atoms with van der Waals surface area (Å²) in [6.07, 6.45) is -9.90. The highest BCUT2D eigenvalue weighted by Gasteiger charge is 2.37. The lowest BCUT2D eigenvalue weighted by Crippen LogP contribution is -2.11. The summed E-state index contributed by atoms with van der Waals surface area (Å²) in [5.41, 5.74) is -1.94. The van der Waals surface area contributed by atoms with Gasteiger partial charge in [0.15, 0.2) is 0 Å². The highest BCUT2D eigenvalue weighted by molar-refractivity contribution is 5.62. The normalized spacial score (nSPS) is 12.4. The number of halogens is 6. The van der Waals surface area contributed by atoms with E-state index in [1.165, 1.54) is 0 Å². The van der Waals surface area contributed by atoms with Gasteiger partial charge in [-0.15, -0.1) is 0 Å². The van der Waals surface area contributed by atoms with Crippen LogP contribution in [0.4, 0.5) is 26.3 Å². The fraction of sp³-hybridized carbons (Fsp3) is 0.176. The largest absolute Gasteiger partial charge is 0.416 e. The second kappa shape index (κ2) is 6.15. The van der Waals surface area contributed by atoms with E-state index in [9.17, 15) is 26.3 Å². The van der Waals surface area contributed by atoms with Crippen LogP contribution in [0.1, 0.15) is 16.7 Å². The molecule has 1 aromatic heterocycles. The molecule has 26 heavy (non-hydrogen) atoms. The molecule has 0 radical (unpaired) electrons. The molecule has 2 aromatic carbocycles. The maximum Gasteiger partial charge on any atom is 0.416 e. The molecule has 0 aliphatic heterocycles. The molecule has 0 saturated carbocycles. The Kier molecular flexibility index (Phi) is 4.25. The summed E-state index contributed by atoms with van der Waals surface area (Å²) >= 11 is 0. The van der Waals surface area contributed by atoms with Crippen molar-refractivity contribution >= 4 is 0 Å². The molecule has 0 amide bonds. The van der Waals surface area contributed by atoms with E-state index in [1.54, 1.807) is 18.2 Å². The molecule has 0 saturated heterocycles. The number of aromatic nitrogens is 2. The van der Waals surface area contributed by atoms with Crippen molar-refractivity contribution in [2.45, 2.75) is 19.3 Å². The lowest BCUT2D eigenvalue weighted by molar-refractivity contribution is -0.143. The van der Waals surface area contributed by atoms with E-state index in [1.807, 2.05) is 13.0 Å². The predicted octanol–water partition coefficient (Wildman–Crippen LogP) is 5.75. The van der Waals surface area contributed by atoms with Crippen LogP contribution in [0, 0.1) is 6.92 Å². The number of hydrogen-bond acceptors (Lipinski definition) is 3. The Labute approximate surface area is 143 Å². The van der Waals surface area contributed by atoms with E-state index in [0.29, 0.717) is 17.7 Å². The van der Waals surface area contributed by atoms with Crippen molar-refractivity contribution < 1.29 is 30.9 Å². The summed E-state index contributed by atoms with van der Waals surface area (Å²) in [6, 6.07) is 8.02. The van der Waals surface area contributed by atoms with Crippen molar-refractivity contribution in [3.63, 3.8) is 0 Å². The van der Waals surface area contributed by atoms with Gasteiger partial charge in [0.05, 0.1) is 11.1 Å². The Hall–Kier alpha value is -2.84. The molecule has 3 rings (SSSR count). The van der Waals surface area contributed by atoms with Crippen molar-refractivity contribution in [2.24, 2.45) is 0 Å². The zero-order chi connectivity index (χ0) is 19.1. The van der Waals surface area contributed by atoms with Crippen molar-refractivity contribution in [1.29, 1.82) is 0 Å². The summed E-state index contributed by atoms with van der Waals surface area (Å²) in [6.45, 7) is 1.81. The smallest absolute Gasteiger partial charge is 0.334 e. The van der Waals surface area contributed by atoms with Crippen molar-refractivity contribution in [3.8, 4) is 22.8 Å². The van der Waals surface area contributed by atoms with Gasteiger partial charge in [0.25, 0.3) is 5.89 Å². The zero-order valence-electron chi connectivity index (χ0n) is 13.1. The standard InChI is InChI=1S/C17H10F6N2O/c1-9-3-2-4-10(5-9)14-24-15(26-25-14)11-6-12(16(18,19)20)8-13(7-11)17(21,22)23/h2-8H,1H3. The molecular weight excluding hydrogens is 362 g/mol. The molecule has 1 heterocycles. The minimum Gasteiger partial charge on any atom is -0.334 e. The van der Waals surface area contributed by atoms with Crippen LogP contribution in [-0.2, 0) is 12.4 Å². The topological polar surface area (TPSA) is 38.9 Å². The number of aryl methyl sites for hydroxylation is 1. The number of hydrogen-bond donors (Lipinski definition) is 0. The Morgan fingerprint density at radius 2 is 1.42 bits per heavy atom. The van der Waals surface area contributed by atoms with E-state index in [4.69, 9.17) is 4.52 Å². The minimum atomic E-state index is -4.95. The van der Waals surface area contributed by atoms with Gasteiger partial charge >= 0.3 is 12.4 Å². The first-order valence-corrected chi connectivity index (χ1v) is 7.24. The van der Waals surface area contributed by atoms with Crippen LogP contribution in [0.3, 0.4) is 0 Å². The first-order chi connectivity index (χ1) is 12.0. The lowest BCUT2D eigenvalue weighted by atomic mass is 10.0. The number of alkyl halides is 6. The van der Waals surface area contributed by atoms with Crippen LogP contribution in [0.15, 0.2) is 47.0 Å². The molecular formula is C17H10F6N2O. The fourth-order valence-corrected chi connectivity index (χ4v) is 2.32. The van der Waals surface area contributed by atoms with Gasteiger partial charge in [0.1, 0.15) is 0 Å². The highest BCUT2D eigenvalue weighted by Crippen LogP contribution is 2.38. The number of benzene rings is 2. The van der Waals surface area contributed by atoms with Gasteiger partial charge in [0.2, 0.25) is 5.82 Å². The molecule has 0 atom stereocenters. The van der Waals surface area contributed by atoms with E-state index in [-0.39, 0.29) is 11.9 Å². The Morgan fingerprint density at radius 3 is 1.96 bits per heavy atom. The predicted molar refractivity (Wildman–Crippen MR) is 79.9 cm³/mol. The molecule has 0 N–H and O–H groups in total. The maximum atomic E-state index is 12.9. The average molecular weight is 372 g/mol. The maximum absolute atomic E-state index is 12.9. The molecule has 0 fully saturated rings. The second-order valence-electron chi connectivity index (χ2n) is 5.59. The zero-order valence-corrected chi connectivity index (χ0v) is 13.1. The molecule has 0 spiro atoms. The summed E-state index contributed by atoms with van der Waals surface area (Å²) in [7, 11) is 0. The molecule has 3 nitrogen and oxygen atoms in total. The summed E-state index contributed by atoms with van der Waals surface area (Å²) < 4.78 is 82.5. The van der Waals surface area contributed by atoms with Crippen LogP contribution < -0.4 is 0 Å². The Bertz CT molecular complexity index is 911. The molecule has 0 bridgehead atoms. The first-order valence-electron chi connectivity index (χ1n) is 7.24. The van der Waals surface area contributed by atoms with Crippen LogP contribution in [0.25, 0.3) is 22.8 Å². The monoisotopic (exact) mass is 372 g/mol. The molecule has 0 aliphatic carbocycles. The van der Waals surface area contributed by atoms with Gasteiger partial charge in [-0.3, -0.25) is 0 Å². The minimum absolute atomic E-state index is 0.0430. The van der Waals surface area contributed by atoms with E-state index in [2.05, 4.69) is 10.1 Å². The second-order valence-corrected chi connectivity index (χ2v) is 5.59. The fourth-order valence-electron chi connectivity index (χ4n) is 2.32. The Balaban J connectivity index is 2.09. The van der Waals surface area contributed by atoms with Crippen LogP contribution >= 0.6 is 0 Å². The molecule has 0 unspecified atom stereocenters. The van der Waals surface area contributed by atoms with Gasteiger partial charge < -0.3 is 4.52 Å². The van der Waals surface area contributed by atoms with Crippen LogP contribution in [0.2, 0.25) is 0 Å². The first kappa shape index (κ1) is 18.0. The van der Waals surface area contributed by atoms with E-state index in [0.717, 1.165) is 5.56 Å². The van der Waals surface area contributed by atoms with E-state index >= 15 is 0 Å². The van der Waals surface area contributed by atoms with Gasteiger partial charge in [-0.25, -0.2) is 0 Å². The molecule has 136 valence electrons. The van der Waals surface area contributed by atoms with Gasteiger partial charge in [0, 0.05) is 11.1 Å². The van der Waals surface area contributed by atoms with Crippen LogP contribution in [0.5, 0.6) is 0 Å². The van der Waals surface area contributed by atoms with Gasteiger partial charge in [-0.05, 0) is 31.2 Å². The quantitative estimate of drug-likeness (QED) is 0.538.